The molecular formula is C14H22O5P2. The number of aromatic carboxylic acids is 1. The molecule has 0 saturated heterocycles. The summed E-state index contributed by atoms with van der Waals surface area (Å²) in [5, 5.41) is 9.94. The molecule has 0 aliphatic heterocycles. The predicted octanol–water partition coefficient (Wildman–Crippen LogP) is 3.79. The largest absolute Gasteiger partial charge is 0.478 e. The number of hydrogen-bond acceptors (Lipinski definition) is 4. The number of hydrogen-bond donors (Lipinski definition) is 1. The van der Waals surface area contributed by atoms with Gasteiger partial charge in [-0.2, -0.15) is 0 Å². The average molecular weight is 332 g/mol. The topological polar surface area (TPSA) is 65.0 Å². The van der Waals surface area contributed by atoms with Crippen LogP contribution in [0.25, 0.3) is 0 Å². The normalized spacial score (nSPS) is 12.6. The molecule has 5 nitrogen and oxygen atoms in total. The zero-order chi connectivity index (χ0) is 15.7. The molecule has 1 N–H and O–H groups in total. The summed E-state index contributed by atoms with van der Waals surface area (Å²) in [5.74, 6) is -0.222. The molecule has 7 heteroatoms. The molecule has 1 aromatic rings. The van der Waals surface area contributed by atoms with E-state index in [-0.39, 0.29) is 5.56 Å². The van der Waals surface area contributed by atoms with Crippen LogP contribution in [0.2, 0.25) is 0 Å². The van der Waals surface area contributed by atoms with Gasteiger partial charge in [0.15, 0.2) is 8.38 Å². The molecule has 1 atom stereocenters. The van der Waals surface area contributed by atoms with Crippen LogP contribution < -0.4 is 5.30 Å². The van der Waals surface area contributed by atoms with Crippen molar-refractivity contribution in [1.82, 2.24) is 0 Å². The minimum atomic E-state index is -0.968. The van der Waals surface area contributed by atoms with Gasteiger partial charge < -0.3 is 18.7 Å². The quantitative estimate of drug-likeness (QED) is 0.661. The molecule has 0 aliphatic rings. The first-order valence-electron chi connectivity index (χ1n) is 6.89. The molecule has 0 aliphatic carbocycles. The third-order valence-electron chi connectivity index (χ3n) is 2.48. The highest BCUT2D eigenvalue weighted by Crippen LogP contribution is 2.52. The van der Waals surface area contributed by atoms with Gasteiger partial charge in [-0.1, -0.05) is 12.1 Å². The molecule has 1 aromatic carbocycles. The van der Waals surface area contributed by atoms with Crippen LogP contribution in [0.3, 0.4) is 0 Å². The second-order valence-corrected chi connectivity index (χ2v) is 7.80. The molecule has 0 fully saturated rings. The Labute approximate surface area is 128 Å². The van der Waals surface area contributed by atoms with Crippen LogP contribution in [0.1, 0.15) is 31.1 Å². The molecule has 21 heavy (non-hydrogen) atoms. The molecule has 0 bridgehead atoms. The van der Waals surface area contributed by atoms with Crippen molar-refractivity contribution in [3.05, 3.63) is 29.8 Å². The maximum Gasteiger partial charge on any atom is 0.335 e. The maximum atomic E-state index is 10.9. The van der Waals surface area contributed by atoms with E-state index >= 15 is 0 Å². The van der Waals surface area contributed by atoms with Gasteiger partial charge in [-0.25, -0.2) is 4.79 Å². The molecule has 1 rings (SSSR count). The van der Waals surface area contributed by atoms with E-state index < -0.39 is 22.5 Å². The summed E-state index contributed by atoms with van der Waals surface area (Å²) in [6, 6.07) is 6.84. The molecule has 0 radical (unpaired) electrons. The fraction of sp³-hybridized carbons (Fsp3) is 0.500. The molecule has 1 unspecified atom stereocenters. The van der Waals surface area contributed by atoms with Gasteiger partial charge in [0.1, 0.15) is 0 Å². The number of rotatable bonds is 10. The van der Waals surface area contributed by atoms with Crippen molar-refractivity contribution >= 4 is 27.8 Å². The van der Waals surface area contributed by atoms with E-state index in [1.54, 1.807) is 12.1 Å². The number of carboxylic acid groups (broad SMARTS) is 1. The lowest BCUT2D eigenvalue weighted by Gasteiger charge is -2.22. The van der Waals surface area contributed by atoms with Crippen LogP contribution in [-0.2, 0) is 13.6 Å². The van der Waals surface area contributed by atoms with Crippen molar-refractivity contribution in [1.29, 1.82) is 0 Å². The molecule has 0 aromatic heterocycles. The van der Waals surface area contributed by atoms with Gasteiger partial charge in [0.2, 0.25) is 0 Å². The molecule has 0 saturated carbocycles. The van der Waals surface area contributed by atoms with E-state index in [1.165, 1.54) is 0 Å². The Kier molecular flexibility index (Phi) is 8.98. The fourth-order valence-electron chi connectivity index (χ4n) is 1.63. The first kappa shape index (κ1) is 18.5. The summed E-state index contributed by atoms with van der Waals surface area (Å²) in [7, 11) is -1.83. The van der Waals surface area contributed by atoms with Gasteiger partial charge in [-0.15, -0.1) is 0 Å². The molecule has 0 heterocycles. The lowest BCUT2D eigenvalue weighted by Crippen LogP contribution is -2.08. The zero-order valence-corrected chi connectivity index (χ0v) is 14.4. The minimum Gasteiger partial charge on any atom is -0.478 e. The van der Waals surface area contributed by atoms with Crippen molar-refractivity contribution in [2.75, 3.05) is 25.7 Å². The Balaban J connectivity index is 2.81. The van der Waals surface area contributed by atoms with Crippen LogP contribution in [-0.4, -0.2) is 36.8 Å². The van der Waals surface area contributed by atoms with Crippen molar-refractivity contribution < 1.29 is 23.5 Å². The van der Waals surface area contributed by atoms with Crippen molar-refractivity contribution in [2.24, 2.45) is 0 Å². The van der Waals surface area contributed by atoms with E-state index in [9.17, 15) is 4.79 Å². The number of carbonyl (C=O) groups is 1. The summed E-state index contributed by atoms with van der Waals surface area (Å²) in [6.45, 7) is 7.66. The average Bonchev–Trinajstić information content (AvgIpc) is 2.47. The van der Waals surface area contributed by atoms with Gasteiger partial charge in [-0.05, 0) is 32.9 Å². The monoisotopic (exact) mass is 332 g/mol. The summed E-state index contributed by atoms with van der Waals surface area (Å²) in [4.78, 5) is 10.9. The van der Waals surface area contributed by atoms with Crippen LogP contribution in [0.15, 0.2) is 24.3 Å². The Morgan fingerprint density at radius 1 is 1.00 bits per heavy atom. The highest BCUT2D eigenvalue weighted by molar-refractivity contribution is 7.72. The molecule has 0 amide bonds. The van der Waals surface area contributed by atoms with E-state index in [0.29, 0.717) is 25.7 Å². The lowest BCUT2D eigenvalue weighted by atomic mass is 10.2. The Bertz CT molecular complexity index is 418. The van der Waals surface area contributed by atoms with Crippen molar-refractivity contribution in [3.63, 3.8) is 0 Å². The molecular weight excluding hydrogens is 310 g/mol. The van der Waals surface area contributed by atoms with Gasteiger partial charge in [-0.3, -0.25) is 0 Å². The van der Waals surface area contributed by atoms with Crippen LogP contribution >= 0.6 is 16.5 Å². The first-order valence-corrected chi connectivity index (χ1v) is 9.70. The predicted molar refractivity (Wildman–Crippen MR) is 86.6 cm³/mol. The van der Waals surface area contributed by atoms with Crippen molar-refractivity contribution in [2.45, 2.75) is 20.8 Å². The maximum absolute atomic E-state index is 10.9. The van der Waals surface area contributed by atoms with E-state index in [0.717, 1.165) is 5.30 Å². The first-order chi connectivity index (χ1) is 10.1. The summed E-state index contributed by atoms with van der Waals surface area (Å²) < 4.78 is 17.1. The van der Waals surface area contributed by atoms with Crippen LogP contribution in [0.4, 0.5) is 0 Å². The fourth-order valence-corrected chi connectivity index (χ4v) is 5.70. The van der Waals surface area contributed by atoms with Gasteiger partial charge >= 0.3 is 5.97 Å². The Hall–Kier alpha value is -0.570. The minimum absolute atomic E-state index is 0.280. The van der Waals surface area contributed by atoms with E-state index in [2.05, 4.69) is 0 Å². The summed E-state index contributed by atoms with van der Waals surface area (Å²) in [5.41, 5.74) is 0.280. The molecule has 0 spiro atoms. The second kappa shape index (κ2) is 10.2. The number of benzene rings is 1. The van der Waals surface area contributed by atoms with Gasteiger partial charge in [0.05, 0.1) is 32.8 Å². The van der Waals surface area contributed by atoms with Crippen LogP contribution in [0, 0.1) is 0 Å². The third kappa shape index (κ3) is 6.37. The zero-order valence-electron chi connectivity index (χ0n) is 12.6. The summed E-state index contributed by atoms with van der Waals surface area (Å²) in [6.07, 6.45) is 0. The Morgan fingerprint density at radius 3 is 1.95 bits per heavy atom. The smallest absolute Gasteiger partial charge is 0.335 e. The number of carboxylic acids is 1. The highest BCUT2D eigenvalue weighted by Gasteiger charge is 2.20. The van der Waals surface area contributed by atoms with Gasteiger partial charge in [0.25, 0.3) is 0 Å². The highest BCUT2D eigenvalue weighted by atomic mass is 31.2. The Morgan fingerprint density at radius 2 is 1.52 bits per heavy atom. The van der Waals surface area contributed by atoms with Gasteiger partial charge in [0, 0.05) is 11.9 Å². The van der Waals surface area contributed by atoms with E-state index in [4.69, 9.17) is 18.7 Å². The third-order valence-corrected chi connectivity index (χ3v) is 6.96. The summed E-state index contributed by atoms with van der Waals surface area (Å²) >= 11 is 0. The second-order valence-electron chi connectivity index (χ2n) is 3.96. The SMILES string of the molecule is CCOP(CP(OCC)c1ccc(C(=O)O)cc1)OCC. The van der Waals surface area contributed by atoms with Crippen LogP contribution in [0.5, 0.6) is 0 Å². The lowest BCUT2D eigenvalue weighted by molar-refractivity contribution is 0.0697. The molecule has 118 valence electrons. The standard InChI is InChI=1S/C14H22O5P2/c1-4-17-20(11-21(18-5-2)19-6-3)13-9-7-12(8-10-13)14(15)16/h7-10H,4-6,11H2,1-3H3,(H,15,16). The van der Waals surface area contributed by atoms with E-state index in [1.807, 2.05) is 32.9 Å². The van der Waals surface area contributed by atoms with Crippen molar-refractivity contribution in [3.8, 4) is 0 Å².